The zero-order valence-corrected chi connectivity index (χ0v) is 11.1. The standard InChI is InChI=1S/C16H17NO2/c1-11-5-3-7-13(9-11)14(16(18)19)10-15-12(2)6-4-8-17-15/h3-9,14H,10H2,1-2H3,(H,18,19). The molecule has 0 aliphatic carbocycles. The van der Waals surface area contributed by atoms with Gasteiger partial charge in [-0.2, -0.15) is 0 Å². The maximum Gasteiger partial charge on any atom is 0.311 e. The second-order valence-electron chi connectivity index (χ2n) is 4.78. The highest BCUT2D eigenvalue weighted by atomic mass is 16.4. The zero-order valence-electron chi connectivity index (χ0n) is 11.1. The third-order valence-electron chi connectivity index (χ3n) is 3.26. The summed E-state index contributed by atoms with van der Waals surface area (Å²) in [6.07, 6.45) is 2.13. The van der Waals surface area contributed by atoms with Crippen molar-refractivity contribution in [3.63, 3.8) is 0 Å². The van der Waals surface area contributed by atoms with Crippen LogP contribution in [-0.2, 0) is 11.2 Å². The van der Waals surface area contributed by atoms with Gasteiger partial charge in [0, 0.05) is 18.3 Å². The Morgan fingerprint density at radius 3 is 2.68 bits per heavy atom. The van der Waals surface area contributed by atoms with E-state index in [0.717, 1.165) is 22.4 Å². The highest BCUT2D eigenvalue weighted by molar-refractivity contribution is 5.76. The molecule has 3 heteroatoms. The molecule has 0 spiro atoms. The highest BCUT2D eigenvalue weighted by Gasteiger charge is 2.21. The summed E-state index contributed by atoms with van der Waals surface area (Å²) in [7, 11) is 0. The van der Waals surface area contributed by atoms with Crippen LogP contribution >= 0.6 is 0 Å². The molecule has 1 aromatic heterocycles. The molecule has 98 valence electrons. The Morgan fingerprint density at radius 2 is 2.05 bits per heavy atom. The second kappa shape index (κ2) is 5.65. The van der Waals surface area contributed by atoms with Gasteiger partial charge in [0.2, 0.25) is 0 Å². The molecule has 0 aliphatic heterocycles. The molecule has 1 unspecified atom stereocenters. The number of aliphatic carboxylic acids is 1. The lowest BCUT2D eigenvalue weighted by Gasteiger charge is -2.14. The average Bonchev–Trinajstić information content (AvgIpc) is 2.37. The predicted molar refractivity (Wildman–Crippen MR) is 74.2 cm³/mol. The molecule has 3 nitrogen and oxygen atoms in total. The minimum Gasteiger partial charge on any atom is -0.481 e. The monoisotopic (exact) mass is 255 g/mol. The molecular weight excluding hydrogens is 238 g/mol. The van der Waals surface area contributed by atoms with E-state index >= 15 is 0 Å². The first kappa shape index (κ1) is 13.3. The van der Waals surface area contributed by atoms with Crippen LogP contribution in [0.15, 0.2) is 42.6 Å². The second-order valence-corrected chi connectivity index (χ2v) is 4.78. The molecule has 0 amide bonds. The minimum absolute atomic E-state index is 0.422. The maximum atomic E-state index is 11.5. The van der Waals surface area contributed by atoms with Crippen LogP contribution < -0.4 is 0 Å². The molecule has 0 fully saturated rings. The lowest BCUT2D eigenvalue weighted by molar-refractivity contribution is -0.138. The molecule has 1 aromatic carbocycles. The zero-order chi connectivity index (χ0) is 13.8. The third kappa shape index (κ3) is 3.19. The Kier molecular flexibility index (Phi) is 3.95. The van der Waals surface area contributed by atoms with Gasteiger partial charge in [-0.3, -0.25) is 9.78 Å². The summed E-state index contributed by atoms with van der Waals surface area (Å²) in [4.78, 5) is 15.8. The van der Waals surface area contributed by atoms with Gasteiger partial charge >= 0.3 is 5.97 Å². The van der Waals surface area contributed by atoms with Crippen molar-refractivity contribution in [1.29, 1.82) is 0 Å². The van der Waals surface area contributed by atoms with E-state index in [-0.39, 0.29) is 0 Å². The van der Waals surface area contributed by atoms with Gasteiger partial charge in [-0.25, -0.2) is 0 Å². The highest BCUT2D eigenvalue weighted by Crippen LogP contribution is 2.22. The van der Waals surface area contributed by atoms with Crippen LogP contribution in [0.3, 0.4) is 0 Å². The molecule has 1 atom stereocenters. The number of hydrogen-bond acceptors (Lipinski definition) is 2. The molecule has 1 heterocycles. The van der Waals surface area contributed by atoms with Crippen molar-refractivity contribution in [1.82, 2.24) is 4.98 Å². The Bertz CT molecular complexity index is 593. The average molecular weight is 255 g/mol. The third-order valence-corrected chi connectivity index (χ3v) is 3.26. The molecule has 0 saturated heterocycles. The largest absolute Gasteiger partial charge is 0.481 e. The number of aromatic nitrogens is 1. The Labute approximate surface area is 112 Å². The van der Waals surface area contributed by atoms with Crippen LogP contribution in [0.2, 0.25) is 0 Å². The number of pyridine rings is 1. The first-order chi connectivity index (χ1) is 9.08. The number of rotatable bonds is 4. The fourth-order valence-corrected chi connectivity index (χ4v) is 2.16. The number of hydrogen-bond donors (Lipinski definition) is 1. The molecule has 2 aromatic rings. The van der Waals surface area contributed by atoms with Gasteiger partial charge in [-0.05, 0) is 31.0 Å². The number of benzene rings is 1. The Morgan fingerprint density at radius 1 is 1.26 bits per heavy atom. The van der Waals surface area contributed by atoms with Gasteiger partial charge in [0.05, 0.1) is 5.92 Å². The summed E-state index contributed by atoms with van der Waals surface area (Å²) in [5, 5.41) is 9.44. The fourth-order valence-electron chi connectivity index (χ4n) is 2.16. The van der Waals surface area contributed by atoms with Gasteiger partial charge in [-0.1, -0.05) is 35.9 Å². The van der Waals surface area contributed by atoms with E-state index in [4.69, 9.17) is 0 Å². The van der Waals surface area contributed by atoms with Crippen LogP contribution in [0.1, 0.15) is 28.3 Å². The first-order valence-corrected chi connectivity index (χ1v) is 6.28. The van der Waals surface area contributed by atoms with Crippen LogP contribution in [0.5, 0.6) is 0 Å². The van der Waals surface area contributed by atoms with Gasteiger partial charge in [-0.15, -0.1) is 0 Å². The van der Waals surface area contributed by atoms with E-state index in [2.05, 4.69) is 4.98 Å². The number of carboxylic acids is 1. The van der Waals surface area contributed by atoms with E-state index in [1.165, 1.54) is 0 Å². The maximum absolute atomic E-state index is 11.5. The van der Waals surface area contributed by atoms with Gasteiger partial charge in [0.1, 0.15) is 0 Å². The SMILES string of the molecule is Cc1cccc(C(Cc2ncccc2C)C(=O)O)c1. The van der Waals surface area contributed by atoms with Crippen molar-refractivity contribution < 1.29 is 9.90 Å². The summed E-state index contributed by atoms with van der Waals surface area (Å²) in [5.41, 5.74) is 3.77. The summed E-state index contributed by atoms with van der Waals surface area (Å²) in [6, 6.07) is 11.5. The number of aryl methyl sites for hydroxylation is 2. The normalized spacial score (nSPS) is 12.1. The molecule has 0 bridgehead atoms. The molecule has 19 heavy (non-hydrogen) atoms. The summed E-state index contributed by atoms with van der Waals surface area (Å²) in [6.45, 7) is 3.92. The molecule has 1 N–H and O–H groups in total. The van der Waals surface area contributed by atoms with E-state index < -0.39 is 11.9 Å². The van der Waals surface area contributed by atoms with E-state index in [9.17, 15) is 9.90 Å². The van der Waals surface area contributed by atoms with Gasteiger partial charge < -0.3 is 5.11 Å². The molecule has 0 radical (unpaired) electrons. The molecule has 0 aliphatic rings. The van der Waals surface area contributed by atoms with Crippen molar-refractivity contribution >= 4 is 5.97 Å². The first-order valence-electron chi connectivity index (χ1n) is 6.28. The van der Waals surface area contributed by atoms with Crippen molar-refractivity contribution in [3.8, 4) is 0 Å². The predicted octanol–water partition coefficient (Wildman–Crippen LogP) is 3.11. The Hall–Kier alpha value is -2.16. The number of carboxylic acid groups (broad SMARTS) is 1. The number of nitrogens with zero attached hydrogens (tertiary/aromatic N) is 1. The molecular formula is C16H17NO2. The van der Waals surface area contributed by atoms with Crippen molar-refractivity contribution in [3.05, 3.63) is 65.0 Å². The smallest absolute Gasteiger partial charge is 0.311 e. The van der Waals surface area contributed by atoms with Gasteiger partial charge in [0.15, 0.2) is 0 Å². The Balaban J connectivity index is 2.32. The van der Waals surface area contributed by atoms with E-state index in [0.29, 0.717) is 6.42 Å². The van der Waals surface area contributed by atoms with Crippen molar-refractivity contribution in [2.45, 2.75) is 26.2 Å². The number of carbonyl (C=O) groups is 1. The molecule has 2 rings (SSSR count). The van der Waals surface area contributed by atoms with Crippen molar-refractivity contribution in [2.24, 2.45) is 0 Å². The lowest BCUT2D eigenvalue weighted by Crippen LogP contribution is -2.15. The van der Waals surface area contributed by atoms with Gasteiger partial charge in [0.25, 0.3) is 0 Å². The molecule has 0 saturated carbocycles. The minimum atomic E-state index is -0.810. The summed E-state index contributed by atoms with van der Waals surface area (Å²) in [5.74, 6) is -1.36. The quantitative estimate of drug-likeness (QED) is 0.913. The van der Waals surface area contributed by atoms with E-state index in [1.807, 2.05) is 50.2 Å². The van der Waals surface area contributed by atoms with Crippen LogP contribution in [0.4, 0.5) is 0 Å². The van der Waals surface area contributed by atoms with E-state index in [1.54, 1.807) is 6.20 Å². The lowest BCUT2D eigenvalue weighted by atomic mass is 9.92. The summed E-state index contributed by atoms with van der Waals surface area (Å²) < 4.78 is 0. The van der Waals surface area contributed by atoms with Crippen LogP contribution in [0.25, 0.3) is 0 Å². The topological polar surface area (TPSA) is 50.2 Å². The fraction of sp³-hybridized carbons (Fsp3) is 0.250. The van der Waals surface area contributed by atoms with Crippen LogP contribution in [0, 0.1) is 13.8 Å². The van der Waals surface area contributed by atoms with Crippen molar-refractivity contribution in [2.75, 3.05) is 0 Å². The summed E-state index contributed by atoms with van der Waals surface area (Å²) >= 11 is 0. The van der Waals surface area contributed by atoms with Crippen LogP contribution in [-0.4, -0.2) is 16.1 Å².